The van der Waals surface area contributed by atoms with Crippen molar-refractivity contribution < 1.29 is 8.42 Å². The summed E-state index contributed by atoms with van der Waals surface area (Å²) in [7, 11) is -3.88. The molecule has 0 N–H and O–H groups in total. The topological polar surface area (TPSA) is 64.8 Å². The second kappa shape index (κ2) is 6.39. The van der Waals surface area contributed by atoms with Gasteiger partial charge in [-0.15, -0.1) is 0 Å². The fourth-order valence-corrected chi connectivity index (χ4v) is 4.63. The van der Waals surface area contributed by atoms with Gasteiger partial charge in [0.25, 0.3) is 10.0 Å². The first kappa shape index (κ1) is 17.0. The molecule has 2 heterocycles. The van der Waals surface area contributed by atoms with E-state index in [2.05, 4.69) is 9.97 Å². The van der Waals surface area contributed by atoms with E-state index in [1.165, 1.54) is 10.2 Å². The SMILES string of the molecule is O=S(=O)(c1ccccc1)n1c(-c2nc(Cl)ncc2Cl)cc2ccccc21. The van der Waals surface area contributed by atoms with Crippen LogP contribution in [0.4, 0.5) is 0 Å². The van der Waals surface area contributed by atoms with Crippen LogP contribution in [0.2, 0.25) is 10.3 Å². The molecule has 0 aliphatic heterocycles. The quantitative estimate of drug-likeness (QED) is 0.467. The van der Waals surface area contributed by atoms with Gasteiger partial charge in [0.15, 0.2) is 0 Å². The number of rotatable bonds is 3. The van der Waals surface area contributed by atoms with Crippen LogP contribution >= 0.6 is 23.2 Å². The summed E-state index contributed by atoms with van der Waals surface area (Å²) < 4.78 is 27.9. The third-order valence-corrected chi connectivity index (χ3v) is 6.11. The number of hydrogen-bond acceptors (Lipinski definition) is 4. The Labute approximate surface area is 159 Å². The van der Waals surface area contributed by atoms with E-state index in [4.69, 9.17) is 23.2 Å². The predicted molar refractivity (Wildman–Crippen MR) is 102 cm³/mol. The molecule has 5 nitrogen and oxygen atoms in total. The lowest BCUT2D eigenvalue weighted by Gasteiger charge is -2.12. The molecule has 0 spiro atoms. The Balaban J connectivity index is 2.10. The molecule has 0 fully saturated rings. The predicted octanol–water partition coefficient (Wildman–Crippen LogP) is 4.64. The van der Waals surface area contributed by atoms with Crippen molar-refractivity contribution in [3.8, 4) is 11.4 Å². The van der Waals surface area contributed by atoms with Gasteiger partial charge in [-0.1, -0.05) is 48.0 Å². The second-order valence-corrected chi connectivity index (χ2v) is 8.04. The van der Waals surface area contributed by atoms with Crippen LogP contribution < -0.4 is 0 Å². The maximum Gasteiger partial charge on any atom is 0.268 e. The van der Waals surface area contributed by atoms with Gasteiger partial charge >= 0.3 is 0 Å². The standard InChI is InChI=1S/C18H11Cl2N3O2S/c19-14-11-21-18(20)22-17(14)16-10-12-6-4-5-9-15(12)23(16)26(24,25)13-7-2-1-3-8-13/h1-11H. The summed E-state index contributed by atoms with van der Waals surface area (Å²) in [6.45, 7) is 0. The van der Waals surface area contributed by atoms with Gasteiger partial charge in [-0.3, -0.25) is 0 Å². The van der Waals surface area contributed by atoms with Crippen LogP contribution in [0.5, 0.6) is 0 Å². The number of halogens is 2. The molecule has 0 atom stereocenters. The van der Waals surface area contributed by atoms with Gasteiger partial charge in [-0.2, -0.15) is 0 Å². The Kier molecular flexibility index (Phi) is 4.19. The fourth-order valence-electron chi connectivity index (χ4n) is 2.78. The number of para-hydroxylation sites is 1. The number of aromatic nitrogens is 3. The van der Waals surface area contributed by atoms with E-state index in [1.54, 1.807) is 48.5 Å². The maximum atomic E-state index is 13.3. The highest BCUT2D eigenvalue weighted by molar-refractivity contribution is 7.90. The first-order chi connectivity index (χ1) is 12.5. The molecule has 8 heteroatoms. The smallest absolute Gasteiger partial charge is 0.232 e. The highest BCUT2D eigenvalue weighted by Crippen LogP contribution is 2.34. The van der Waals surface area contributed by atoms with E-state index >= 15 is 0 Å². The molecule has 0 radical (unpaired) electrons. The Hall–Kier alpha value is -2.41. The first-order valence-electron chi connectivity index (χ1n) is 7.58. The van der Waals surface area contributed by atoms with Gasteiger partial charge in [0, 0.05) is 5.39 Å². The van der Waals surface area contributed by atoms with E-state index in [-0.39, 0.29) is 20.9 Å². The Morgan fingerprint density at radius 1 is 0.923 bits per heavy atom. The summed E-state index contributed by atoms with van der Waals surface area (Å²) in [5.74, 6) is 0. The van der Waals surface area contributed by atoms with Crippen molar-refractivity contribution in [3.05, 3.63) is 77.2 Å². The van der Waals surface area contributed by atoms with Gasteiger partial charge in [0.05, 0.1) is 27.3 Å². The molecule has 0 unspecified atom stereocenters. The van der Waals surface area contributed by atoms with Crippen LogP contribution in [0.25, 0.3) is 22.3 Å². The van der Waals surface area contributed by atoms with Gasteiger partial charge < -0.3 is 0 Å². The normalized spacial score (nSPS) is 11.8. The average molecular weight is 404 g/mol. The van der Waals surface area contributed by atoms with Crippen molar-refractivity contribution in [1.29, 1.82) is 0 Å². The van der Waals surface area contributed by atoms with Gasteiger partial charge in [-0.05, 0) is 35.9 Å². The largest absolute Gasteiger partial charge is 0.268 e. The van der Waals surface area contributed by atoms with Crippen LogP contribution in [-0.2, 0) is 10.0 Å². The van der Waals surface area contributed by atoms with Crippen LogP contribution in [0, 0.1) is 0 Å². The van der Waals surface area contributed by atoms with Crippen molar-refractivity contribution in [3.63, 3.8) is 0 Å². The highest BCUT2D eigenvalue weighted by Gasteiger charge is 2.25. The summed E-state index contributed by atoms with van der Waals surface area (Å²) in [5, 5.41) is 0.938. The van der Waals surface area contributed by atoms with Crippen molar-refractivity contribution in [2.24, 2.45) is 0 Å². The number of nitrogens with zero attached hydrogens (tertiary/aromatic N) is 3. The first-order valence-corrected chi connectivity index (χ1v) is 9.77. The average Bonchev–Trinajstić information content (AvgIpc) is 3.04. The zero-order valence-electron chi connectivity index (χ0n) is 13.2. The van der Waals surface area contributed by atoms with Crippen molar-refractivity contribution in [2.45, 2.75) is 4.90 Å². The molecule has 0 aliphatic rings. The van der Waals surface area contributed by atoms with Crippen LogP contribution in [0.15, 0.2) is 71.8 Å². The third kappa shape index (κ3) is 2.76. The molecule has 0 bridgehead atoms. The zero-order valence-corrected chi connectivity index (χ0v) is 15.5. The fraction of sp³-hybridized carbons (Fsp3) is 0. The number of benzene rings is 2. The van der Waals surface area contributed by atoms with E-state index in [1.807, 2.05) is 12.1 Å². The molecule has 4 rings (SSSR count). The molecule has 0 saturated heterocycles. The minimum atomic E-state index is -3.88. The van der Waals surface area contributed by atoms with Crippen molar-refractivity contribution in [1.82, 2.24) is 13.9 Å². The van der Waals surface area contributed by atoms with Gasteiger partial charge in [0.1, 0.15) is 5.69 Å². The van der Waals surface area contributed by atoms with Crippen LogP contribution in [-0.4, -0.2) is 22.4 Å². The molecule has 130 valence electrons. The highest BCUT2D eigenvalue weighted by atomic mass is 35.5. The summed E-state index contributed by atoms with van der Waals surface area (Å²) in [5.41, 5.74) is 1.10. The van der Waals surface area contributed by atoms with Gasteiger partial charge in [-0.25, -0.2) is 22.4 Å². The molecule has 2 aromatic carbocycles. The lowest BCUT2D eigenvalue weighted by molar-refractivity contribution is 0.589. The minimum absolute atomic E-state index is 0.0154. The molecule has 0 saturated carbocycles. The second-order valence-electron chi connectivity index (χ2n) is 5.51. The Bertz CT molecular complexity index is 1220. The number of hydrogen-bond donors (Lipinski definition) is 0. The lowest BCUT2D eigenvalue weighted by atomic mass is 10.2. The van der Waals surface area contributed by atoms with Crippen molar-refractivity contribution in [2.75, 3.05) is 0 Å². The molecule has 26 heavy (non-hydrogen) atoms. The van der Waals surface area contributed by atoms with Crippen LogP contribution in [0.3, 0.4) is 0 Å². The molecule has 2 aromatic heterocycles. The summed E-state index contributed by atoms with van der Waals surface area (Å²) in [6, 6.07) is 17.1. The zero-order chi connectivity index (χ0) is 18.3. The summed E-state index contributed by atoms with van der Waals surface area (Å²) >= 11 is 12.1. The Morgan fingerprint density at radius 3 is 2.38 bits per heavy atom. The molecule has 0 aliphatic carbocycles. The van der Waals surface area contributed by atoms with E-state index in [0.717, 1.165) is 5.39 Å². The molecular weight excluding hydrogens is 393 g/mol. The third-order valence-electron chi connectivity index (χ3n) is 3.91. The number of fused-ring (bicyclic) bond motifs is 1. The maximum absolute atomic E-state index is 13.3. The van der Waals surface area contributed by atoms with E-state index < -0.39 is 10.0 Å². The van der Waals surface area contributed by atoms with Crippen molar-refractivity contribution >= 4 is 44.1 Å². The summed E-state index contributed by atoms with van der Waals surface area (Å²) in [6.07, 6.45) is 1.35. The minimum Gasteiger partial charge on any atom is -0.232 e. The lowest BCUT2D eigenvalue weighted by Crippen LogP contribution is -2.14. The Morgan fingerprint density at radius 2 is 1.62 bits per heavy atom. The van der Waals surface area contributed by atoms with Gasteiger partial charge in [0.2, 0.25) is 5.28 Å². The molecule has 0 amide bonds. The van der Waals surface area contributed by atoms with Crippen LogP contribution in [0.1, 0.15) is 0 Å². The summed E-state index contributed by atoms with van der Waals surface area (Å²) in [4.78, 5) is 8.14. The monoisotopic (exact) mass is 403 g/mol. The van der Waals surface area contributed by atoms with E-state index in [9.17, 15) is 8.42 Å². The van der Waals surface area contributed by atoms with E-state index in [0.29, 0.717) is 11.2 Å². The molecule has 4 aromatic rings. The molecular formula is C18H11Cl2N3O2S.